The highest BCUT2D eigenvalue weighted by Crippen LogP contribution is 2.22. The summed E-state index contributed by atoms with van der Waals surface area (Å²) >= 11 is 10.6. The molecular formula is C10H21ClO3S3. The van der Waals surface area contributed by atoms with Crippen molar-refractivity contribution in [3.05, 3.63) is 0 Å². The molecule has 0 saturated heterocycles. The summed E-state index contributed by atoms with van der Waals surface area (Å²) in [5.74, 6) is 3.88. The number of aliphatic hydroxyl groups is 3. The fraction of sp³-hybridized carbons (Fsp3) is 1.00. The van der Waals surface area contributed by atoms with Crippen LogP contribution in [0.4, 0.5) is 0 Å². The normalized spacial score (nSPS) is 14.8. The van der Waals surface area contributed by atoms with Gasteiger partial charge in [-0.1, -0.05) is 0 Å². The van der Waals surface area contributed by atoms with Crippen molar-refractivity contribution in [2.75, 3.05) is 48.7 Å². The lowest BCUT2D eigenvalue weighted by atomic mass is 10.5. The molecule has 0 radical (unpaired) electrons. The molecule has 0 fully saturated rings. The Labute approximate surface area is 121 Å². The third-order valence-corrected chi connectivity index (χ3v) is 6.45. The molecule has 0 amide bonds. The van der Waals surface area contributed by atoms with Crippen LogP contribution in [-0.4, -0.2) is 74.5 Å². The van der Waals surface area contributed by atoms with Crippen molar-refractivity contribution in [3.8, 4) is 0 Å². The van der Waals surface area contributed by atoms with Crippen LogP contribution in [0.2, 0.25) is 0 Å². The number of hydrogen-bond donors (Lipinski definition) is 3. The van der Waals surface area contributed by atoms with Crippen molar-refractivity contribution < 1.29 is 15.3 Å². The summed E-state index contributed by atoms with van der Waals surface area (Å²) in [6, 6.07) is 0. The molecule has 2 atom stereocenters. The van der Waals surface area contributed by atoms with E-state index in [0.717, 1.165) is 17.3 Å². The van der Waals surface area contributed by atoms with Gasteiger partial charge < -0.3 is 15.3 Å². The van der Waals surface area contributed by atoms with Gasteiger partial charge in [0.1, 0.15) is 0 Å². The number of aliphatic hydroxyl groups excluding tert-OH is 3. The minimum atomic E-state index is 0.116. The number of hydrogen-bond acceptors (Lipinski definition) is 6. The molecule has 0 aliphatic heterocycles. The first kappa shape index (κ1) is 18.2. The van der Waals surface area contributed by atoms with E-state index in [-0.39, 0.29) is 30.3 Å². The summed E-state index contributed by atoms with van der Waals surface area (Å²) in [5.41, 5.74) is 0. The van der Waals surface area contributed by atoms with Crippen LogP contribution in [0.5, 0.6) is 0 Å². The van der Waals surface area contributed by atoms with Crippen molar-refractivity contribution in [1.82, 2.24) is 0 Å². The van der Waals surface area contributed by atoms with Gasteiger partial charge in [-0.05, 0) is 0 Å². The molecule has 0 bridgehead atoms. The average Bonchev–Trinajstić information content (AvgIpc) is 2.36. The van der Waals surface area contributed by atoms with Gasteiger partial charge in [-0.15, -0.1) is 11.6 Å². The van der Waals surface area contributed by atoms with E-state index in [1.807, 2.05) is 0 Å². The molecule has 0 aliphatic rings. The Morgan fingerprint density at radius 2 is 1.53 bits per heavy atom. The second-order valence-corrected chi connectivity index (χ2v) is 7.57. The topological polar surface area (TPSA) is 60.7 Å². The summed E-state index contributed by atoms with van der Waals surface area (Å²) in [7, 11) is 0. The minimum absolute atomic E-state index is 0.116. The lowest BCUT2D eigenvalue weighted by Gasteiger charge is -2.17. The summed E-state index contributed by atoms with van der Waals surface area (Å²) in [4.78, 5) is 0. The fourth-order valence-corrected chi connectivity index (χ4v) is 4.55. The average molecular weight is 321 g/mol. The third-order valence-electron chi connectivity index (χ3n) is 1.90. The standard InChI is InChI=1S/C10H21ClO3S3/c11-1-3-15-7-9(5-13)17-8-10(6-14)16-4-2-12/h9-10,12-14H,1-8H2. The Kier molecular flexibility index (Phi) is 14.6. The second kappa shape index (κ2) is 13.6. The molecule has 3 N–H and O–H groups in total. The van der Waals surface area contributed by atoms with Crippen molar-refractivity contribution in [3.63, 3.8) is 0 Å². The van der Waals surface area contributed by atoms with Gasteiger partial charge in [0.25, 0.3) is 0 Å². The Morgan fingerprint density at radius 1 is 0.882 bits per heavy atom. The Balaban J connectivity index is 3.69. The summed E-state index contributed by atoms with van der Waals surface area (Å²) in [6.45, 7) is 0.411. The molecular weight excluding hydrogens is 300 g/mol. The lowest BCUT2D eigenvalue weighted by Crippen LogP contribution is -2.19. The van der Waals surface area contributed by atoms with Gasteiger partial charge >= 0.3 is 0 Å². The van der Waals surface area contributed by atoms with Gasteiger partial charge in [0, 0.05) is 39.4 Å². The first-order valence-electron chi connectivity index (χ1n) is 5.48. The highest BCUT2D eigenvalue weighted by Gasteiger charge is 2.13. The fourth-order valence-electron chi connectivity index (χ4n) is 1.04. The maximum atomic E-state index is 9.21. The molecule has 0 aromatic heterocycles. The van der Waals surface area contributed by atoms with Gasteiger partial charge in [0.15, 0.2) is 0 Å². The summed E-state index contributed by atoms with van der Waals surface area (Å²) in [6.07, 6.45) is 0. The number of halogens is 1. The van der Waals surface area contributed by atoms with E-state index >= 15 is 0 Å². The van der Waals surface area contributed by atoms with E-state index < -0.39 is 0 Å². The van der Waals surface area contributed by atoms with Crippen molar-refractivity contribution in [1.29, 1.82) is 0 Å². The molecule has 2 unspecified atom stereocenters. The second-order valence-electron chi connectivity index (χ2n) is 3.30. The molecule has 0 aliphatic carbocycles. The van der Waals surface area contributed by atoms with Gasteiger partial charge in [-0.2, -0.15) is 35.3 Å². The smallest absolute Gasteiger partial charge is 0.0558 e. The molecule has 104 valence electrons. The van der Waals surface area contributed by atoms with Gasteiger partial charge in [-0.3, -0.25) is 0 Å². The molecule has 0 spiro atoms. The largest absolute Gasteiger partial charge is 0.396 e. The van der Waals surface area contributed by atoms with Crippen LogP contribution < -0.4 is 0 Å². The van der Waals surface area contributed by atoms with Crippen LogP contribution in [0.1, 0.15) is 0 Å². The number of rotatable bonds is 12. The molecule has 0 heterocycles. The van der Waals surface area contributed by atoms with Crippen LogP contribution in [0, 0.1) is 0 Å². The van der Waals surface area contributed by atoms with E-state index in [2.05, 4.69) is 0 Å². The first-order chi connectivity index (χ1) is 8.28. The number of thioether (sulfide) groups is 3. The molecule has 7 heteroatoms. The Morgan fingerprint density at radius 3 is 2.06 bits per heavy atom. The van der Waals surface area contributed by atoms with Crippen LogP contribution in [0.3, 0.4) is 0 Å². The van der Waals surface area contributed by atoms with E-state index in [9.17, 15) is 5.11 Å². The van der Waals surface area contributed by atoms with Crippen LogP contribution >= 0.6 is 46.9 Å². The highest BCUT2D eigenvalue weighted by molar-refractivity contribution is 8.05. The van der Waals surface area contributed by atoms with E-state index in [4.69, 9.17) is 21.8 Å². The SMILES string of the molecule is OCCSC(CO)CSC(CO)CSCCCl. The molecule has 0 rings (SSSR count). The van der Waals surface area contributed by atoms with Crippen LogP contribution in [-0.2, 0) is 0 Å². The predicted molar refractivity (Wildman–Crippen MR) is 81.8 cm³/mol. The monoisotopic (exact) mass is 320 g/mol. The zero-order valence-corrected chi connectivity index (χ0v) is 13.0. The maximum absolute atomic E-state index is 9.21. The third kappa shape index (κ3) is 10.8. The molecule has 3 nitrogen and oxygen atoms in total. The lowest BCUT2D eigenvalue weighted by molar-refractivity contribution is 0.296. The molecule has 0 aromatic carbocycles. The Bertz CT molecular complexity index is 166. The van der Waals surface area contributed by atoms with E-state index in [0.29, 0.717) is 11.6 Å². The van der Waals surface area contributed by atoms with E-state index in [1.54, 1.807) is 35.3 Å². The van der Waals surface area contributed by atoms with Crippen molar-refractivity contribution in [2.45, 2.75) is 10.5 Å². The molecule has 0 saturated carbocycles. The predicted octanol–water partition coefficient (Wildman–Crippen LogP) is 1.14. The number of alkyl halides is 1. The maximum Gasteiger partial charge on any atom is 0.0558 e. The zero-order chi connectivity index (χ0) is 12.9. The highest BCUT2D eigenvalue weighted by atomic mass is 35.5. The molecule has 17 heavy (non-hydrogen) atoms. The Hall–Kier alpha value is 1.22. The van der Waals surface area contributed by atoms with Crippen molar-refractivity contribution in [2.24, 2.45) is 0 Å². The summed E-state index contributed by atoms with van der Waals surface area (Å²) < 4.78 is 0. The van der Waals surface area contributed by atoms with Crippen LogP contribution in [0.15, 0.2) is 0 Å². The molecule has 0 aromatic rings. The van der Waals surface area contributed by atoms with Crippen molar-refractivity contribution >= 4 is 46.9 Å². The van der Waals surface area contributed by atoms with Gasteiger partial charge in [-0.25, -0.2) is 0 Å². The van der Waals surface area contributed by atoms with Gasteiger partial charge in [0.2, 0.25) is 0 Å². The van der Waals surface area contributed by atoms with E-state index in [1.165, 1.54) is 0 Å². The quantitative estimate of drug-likeness (QED) is 0.370. The van der Waals surface area contributed by atoms with Gasteiger partial charge in [0.05, 0.1) is 19.8 Å². The minimum Gasteiger partial charge on any atom is -0.396 e. The summed E-state index contributed by atoms with van der Waals surface area (Å²) in [5, 5.41) is 27.4. The zero-order valence-electron chi connectivity index (χ0n) is 9.76. The van der Waals surface area contributed by atoms with Crippen LogP contribution in [0.25, 0.3) is 0 Å². The first-order valence-corrected chi connectivity index (χ1v) is 9.26.